The lowest BCUT2D eigenvalue weighted by atomic mass is 9.96. The number of nitrogens with zero attached hydrogens (tertiary/aromatic N) is 3. The summed E-state index contributed by atoms with van der Waals surface area (Å²) in [5, 5.41) is 1.30. The molecular formula is C24H20N4O2. The highest BCUT2D eigenvalue weighted by molar-refractivity contribution is 6.21. The molecule has 0 fully saturated rings. The maximum absolute atomic E-state index is 13.5. The minimum Gasteiger partial charge on any atom is -0.311 e. The zero-order chi connectivity index (χ0) is 20.7. The number of hydrazine groups is 1. The summed E-state index contributed by atoms with van der Waals surface area (Å²) in [4.78, 5) is 30.2. The van der Waals surface area contributed by atoms with E-state index in [0.29, 0.717) is 11.1 Å². The standard InChI is InChI=1S/C24H20N4O2/c1-16-14-19-8-5-9-20-22(19)28(16)21(17-6-3-2-4-7-17)15-27(24(20)30)26-23(29)18-10-12-25-13-11-18/h2-4,6-7,9-15H,5,8H2,1H3,(H,26,29). The first-order chi connectivity index (χ1) is 14.6. The van der Waals surface area contributed by atoms with Crippen LogP contribution in [0.2, 0.25) is 0 Å². The van der Waals surface area contributed by atoms with Crippen LogP contribution in [0.5, 0.6) is 0 Å². The monoisotopic (exact) mass is 396 g/mol. The van der Waals surface area contributed by atoms with Gasteiger partial charge >= 0.3 is 0 Å². The zero-order valence-corrected chi connectivity index (χ0v) is 16.5. The second-order valence-electron chi connectivity index (χ2n) is 7.38. The van der Waals surface area contributed by atoms with Crippen LogP contribution in [0.4, 0.5) is 0 Å². The van der Waals surface area contributed by atoms with E-state index in [9.17, 15) is 9.59 Å². The topological polar surface area (TPSA) is 67.2 Å². The predicted octanol–water partition coefficient (Wildman–Crippen LogP) is 3.56. The molecule has 6 nitrogen and oxygen atoms in total. The lowest BCUT2D eigenvalue weighted by molar-refractivity contribution is -0.124. The average molecular weight is 396 g/mol. The fourth-order valence-electron chi connectivity index (χ4n) is 4.10. The number of amides is 2. The SMILES string of the molecule is Cc1cc2c3n1C(c1ccccc1)=CN(NC(=O)c1ccncc1)C(=O)C3=CCC2. The van der Waals surface area contributed by atoms with Gasteiger partial charge in [0.25, 0.3) is 11.8 Å². The Labute approximate surface area is 174 Å². The van der Waals surface area contributed by atoms with E-state index in [1.807, 2.05) is 43.3 Å². The molecule has 1 aliphatic heterocycles. The lowest BCUT2D eigenvalue weighted by Gasteiger charge is -2.21. The number of nitrogens with one attached hydrogen (secondary N) is 1. The van der Waals surface area contributed by atoms with Gasteiger partial charge in [0.1, 0.15) is 0 Å². The molecule has 2 amide bonds. The van der Waals surface area contributed by atoms with E-state index in [2.05, 4.69) is 21.0 Å². The van der Waals surface area contributed by atoms with Crippen LogP contribution in [-0.4, -0.2) is 26.4 Å². The van der Waals surface area contributed by atoms with Crippen molar-refractivity contribution in [1.82, 2.24) is 20.0 Å². The Morgan fingerprint density at radius 3 is 2.63 bits per heavy atom. The number of carbonyl (C=O) groups is 2. The predicted molar refractivity (Wildman–Crippen MR) is 114 cm³/mol. The summed E-state index contributed by atoms with van der Waals surface area (Å²) in [5.41, 5.74) is 8.73. The normalized spacial score (nSPS) is 15.1. The molecule has 0 bridgehead atoms. The summed E-state index contributed by atoms with van der Waals surface area (Å²) in [6.07, 6.45) is 8.47. The van der Waals surface area contributed by atoms with Gasteiger partial charge in [0.15, 0.2) is 0 Å². The van der Waals surface area contributed by atoms with Crippen molar-refractivity contribution in [3.63, 3.8) is 0 Å². The van der Waals surface area contributed by atoms with E-state index in [1.54, 1.807) is 30.7 Å². The Balaban J connectivity index is 1.66. The number of rotatable bonds is 3. The van der Waals surface area contributed by atoms with E-state index in [1.165, 1.54) is 5.01 Å². The Hall–Kier alpha value is -3.93. The Morgan fingerprint density at radius 1 is 1.10 bits per heavy atom. The largest absolute Gasteiger partial charge is 0.311 e. The quantitative estimate of drug-likeness (QED) is 0.736. The van der Waals surface area contributed by atoms with Crippen LogP contribution in [0, 0.1) is 6.92 Å². The Morgan fingerprint density at radius 2 is 1.87 bits per heavy atom. The van der Waals surface area contributed by atoms with E-state index < -0.39 is 0 Å². The molecule has 0 saturated carbocycles. The van der Waals surface area contributed by atoms with Crippen molar-refractivity contribution in [3.05, 3.63) is 101 Å². The highest BCUT2D eigenvalue weighted by atomic mass is 16.2. The molecule has 1 aromatic carbocycles. The second-order valence-corrected chi connectivity index (χ2v) is 7.38. The van der Waals surface area contributed by atoms with Gasteiger partial charge in [-0.15, -0.1) is 0 Å². The fraction of sp³-hybridized carbons (Fsp3) is 0.125. The summed E-state index contributed by atoms with van der Waals surface area (Å²) in [5.74, 6) is -0.613. The molecule has 0 spiro atoms. The van der Waals surface area contributed by atoms with Gasteiger partial charge in [0.05, 0.1) is 23.2 Å². The van der Waals surface area contributed by atoms with Gasteiger partial charge < -0.3 is 4.57 Å². The van der Waals surface area contributed by atoms with Crippen molar-refractivity contribution in [2.45, 2.75) is 19.8 Å². The third-order valence-electron chi connectivity index (χ3n) is 5.46. The first-order valence-corrected chi connectivity index (χ1v) is 9.87. The highest BCUT2D eigenvalue weighted by Crippen LogP contribution is 2.37. The highest BCUT2D eigenvalue weighted by Gasteiger charge is 2.32. The van der Waals surface area contributed by atoms with Gasteiger partial charge in [-0.05, 0) is 43.5 Å². The Bertz CT molecular complexity index is 1210. The molecule has 3 heterocycles. The van der Waals surface area contributed by atoms with Gasteiger partial charge in [-0.25, -0.2) is 5.01 Å². The number of aromatic nitrogens is 2. The molecule has 3 aromatic rings. The number of benzene rings is 1. The number of pyridine rings is 1. The molecular weight excluding hydrogens is 376 g/mol. The van der Waals surface area contributed by atoms with Crippen molar-refractivity contribution < 1.29 is 9.59 Å². The molecule has 2 aromatic heterocycles. The third kappa shape index (κ3) is 2.93. The summed E-state index contributed by atoms with van der Waals surface area (Å²) in [7, 11) is 0. The van der Waals surface area contributed by atoms with Gasteiger partial charge in [-0.2, -0.15) is 0 Å². The first-order valence-electron chi connectivity index (χ1n) is 9.87. The van der Waals surface area contributed by atoms with Crippen LogP contribution in [0.25, 0.3) is 11.3 Å². The number of carbonyl (C=O) groups excluding carboxylic acids is 2. The van der Waals surface area contributed by atoms with Crippen molar-refractivity contribution in [2.24, 2.45) is 0 Å². The van der Waals surface area contributed by atoms with Gasteiger partial charge in [0, 0.05) is 29.2 Å². The molecule has 148 valence electrons. The van der Waals surface area contributed by atoms with Crippen LogP contribution in [0.3, 0.4) is 0 Å². The number of allylic oxidation sites excluding steroid dienone is 1. The smallest absolute Gasteiger partial charge is 0.278 e. The molecule has 1 N–H and O–H groups in total. The van der Waals surface area contributed by atoms with Crippen LogP contribution >= 0.6 is 0 Å². The molecule has 6 heteroatoms. The minimum atomic E-state index is -0.366. The van der Waals surface area contributed by atoms with E-state index >= 15 is 0 Å². The molecule has 0 unspecified atom stereocenters. The summed E-state index contributed by atoms with van der Waals surface area (Å²) in [6, 6.07) is 15.3. The number of hydrogen-bond donors (Lipinski definition) is 1. The van der Waals surface area contributed by atoms with E-state index in [0.717, 1.165) is 41.1 Å². The van der Waals surface area contributed by atoms with Gasteiger partial charge in [-0.1, -0.05) is 36.4 Å². The molecule has 5 rings (SSSR count). The average Bonchev–Trinajstić information content (AvgIpc) is 3.06. The summed E-state index contributed by atoms with van der Waals surface area (Å²) >= 11 is 0. The third-order valence-corrected chi connectivity index (χ3v) is 5.46. The van der Waals surface area contributed by atoms with Crippen LogP contribution in [0.15, 0.2) is 73.2 Å². The Kier molecular flexibility index (Phi) is 4.32. The van der Waals surface area contributed by atoms with Crippen LogP contribution in [-0.2, 0) is 11.2 Å². The van der Waals surface area contributed by atoms with Crippen molar-refractivity contribution in [3.8, 4) is 0 Å². The molecule has 0 atom stereocenters. The lowest BCUT2D eigenvalue weighted by Crippen LogP contribution is -2.42. The molecule has 30 heavy (non-hydrogen) atoms. The van der Waals surface area contributed by atoms with Crippen LogP contribution in [0.1, 0.15) is 39.3 Å². The maximum atomic E-state index is 13.5. The van der Waals surface area contributed by atoms with E-state index in [-0.39, 0.29) is 11.8 Å². The van der Waals surface area contributed by atoms with Gasteiger partial charge in [0.2, 0.25) is 0 Å². The summed E-state index contributed by atoms with van der Waals surface area (Å²) < 4.78 is 2.12. The van der Waals surface area contributed by atoms with Crippen LogP contribution < -0.4 is 5.43 Å². The number of hydrogen-bond acceptors (Lipinski definition) is 3. The van der Waals surface area contributed by atoms with E-state index in [4.69, 9.17) is 0 Å². The first kappa shape index (κ1) is 18.1. The second kappa shape index (κ2) is 7.15. The minimum absolute atomic E-state index is 0.247. The molecule has 0 radical (unpaired) electrons. The van der Waals surface area contributed by atoms with Crippen molar-refractivity contribution in [1.29, 1.82) is 0 Å². The maximum Gasteiger partial charge on any atom is 0.278 e. The number of aryl methyl sites for hydroxylation is 2. The zero-order valence-electron chi connectivity index (χ0n) is 16.5. The molecule has 0 saturated heterocycles. The molecule has 1 aliphatic carbocycles. The van der Waals surface area contributed by atoms with Gasteiger partial charge in [-0.3, -0.25) is 20.0 Å². The van der Waals surface area contributed by atoms with Crippen molar-refractivity contribution >= 4 is 23.1 Å². The molecule has 2 aliphatic rings. The summed E-state index contributed by atoms with van der Waals surface area (Å²) in [6.45, 7) is 2.04. The fourth-order valence-corrected chi connectivity index (χ4v) is 4.10. The van der Waals surface area contributed by atoms with Crippen molar-refractivity contribution in [2.75, 3.05) is 0 Å².